The van der Waals surface area contributed by atoms with Gasteiger partial charge < -0.3 is 14.8 Å². The number of amides is 1. The monoisotopic (exact) mass is 389 g/mol. The number of para-hydroxylation sites is 1. The molecule has 1 amide bonds. The summed E-state index contributed by atoms with van der Waals surface area (Å²) in [7, 11) is 1.55. The van der Waals surface area contributed by atoms with E-state index in [1.165, 1.54) is 0 Å². The Bertz CT molecular complexity index is 970. The largest absolute Gasteiger partial charge is 0.493 e. The number of methoxy groups -OCH3 is 1. The number of rotatable bonds is 8. The van der Waals surface area contributed by atoms with Crippen LogP contribution in [0.5, 0.6) is 11.5 Å². The smallest absolute Gasteiger partial charge is 0.262 e. The third-order valence-electron chi connectivity index (χ3n) is 4.06. The van der Waals surface area contributed by atoms with E-state index in [1.807, 2.05) is 67.6 Å². The van der Waals surface area contributed by atoms with Gasteiger partial charge in [-0.05, 0) is 55.0 Å². The van der Waals surface area contributed by atoms with E-state index >= 15 is 0 Å². The van der Waals surface area contributed by atoms with Crippen molar-refractivity contribution in [3.05, 3.63) is 83.9 Å². The number of carbonyl (C=O) groups is 1. The third kappa shape index (κ3) is 6.10. The van der Waals surface area contributed by atoms with E-state index in [0.29, 0.717) is 11.5 Å². The summed E-state index contributed by atoms with van der Waals surface area (Å²) in [5.74, 6) is 0.769. The lowest BCUT2D eigenvalue weighted by atomic mass is 10.2. The Kier molecular flexibility index (Phi) is 6.84. The van der Waals surface area contributed by atoms with E-state index in [4.69, 9.17) is 9.47 Å². The van der Waals surface area contributed by atoms with Gasteiger partial charge in [-0.25, -0.2) is 0 Å². The molecule has 0 aromatic heterocycles. The Hall–Kier alpha value is -3.80. The summed E-state index contributed by atoms with van der Waals surface area (Å²) in [6.07, 6.45) is 1.68. The van der Waals surface area contributed by atoms with Crippen molar-refractivity contribution in [2.45, 2.75) is 6.92 Å². The van der Waals surface area contributed by atoms with Crippen LogP contribution in [-0.4, -0.2) is 25.8 Å². The lowest BCUT2D eigenvalue weighted by molar-refractivity contribution is -0.118. The molecule has 0 aliphatic rings. The predicted molar refractivity (Wildman–Crippen MR) is 116 cm³/mol. The van der Waals surface area contributed by atoms with Crippen molar-refractivity contribution >= 4 is 23.5 Å². The number of ether oxygens (including phenoxy) is 2. The number of hydrazone groups is 1. The lowest BCUT2D eigenvalue weighted by Crippen LogP contribution is -2.20. The second-order valence-electron chi connectivity index (χ2n) is 6.35. The van der Waals surface area contributed by atoms with Crippen molar-refractivity contribution in [1.29, 1.82) is 0 Å². The molecule has 0 unspecified atom stereocenters. The molecule has 0 saturated carbocycles. The summed E-state index contributed by atoms with van der Waals surface area (Å²) in [5.41, 5.74) is 6.55. The Morgan fingerprint density at radius 1 is 0.966 bits per heavy atom. The molecule has 0 fully saturated rings. The topological polar surface area (TPSA) is 71.9 Å². The summed E-state index contributed by atoms with van der Waals surface area (Å²) in [4.78, 5) is 12.1. The van der Waals surface area contributed by atoms with Gasteiger partial charge >= 0.3 is 0 Å². The summed E-state index contributed by atoms with van der Waals surface area (Å²) >= 11 is 0. The summed E-state index contributed by atoms with van der Waals surface area (Å²) in [5, 5.41) is 7.01. The maximum absolute atomic E-state index is 12.1. The van der Waals surface area contributed by atoms with Crippen LogP contribution in [0.25, 0.3) is 0 Å². The minimum absolute atomic E-state index is 0.118. The van der Waals surface area contributed by atoms with Crippen LogP contribution in [0, 0.1) is 6.92 Å². The fourth-order valence-corrected chi connectivity index (χ4v) is 2.56. The van der Waals surface area contributed by atoms with Crippen molar-refractivity contribution in [1.82, 2.24) is 0 Å². The SMILES string of the molecule is COc1cc(C=NNc2ccccc2)ccc1OCC(=O)Nc1ccc(C)cc1. The number of benzene rings is 3. The highest BCUT2D eigenvalue weighted by Gasteiger charge is 2.09. The first-order valence-corrected chi connectivity index (χ1v) is 9.15. The molecule has 0 atom stereocenters. The van der Waals surface area contributed by atoms with Crippen molar-refractivity contribution in [3.63, 3.8) is 0 Å². The maximum atomic E-state index is 12.1. The number of hydrogen-bond donors (Lipinski definition) is 2. The summed E-state index contributed by atoms with van der Waals surface area (Å²) in [6, 6.07) is 22.6. The predicted octanol–water partition coefficient (Wildman–Crippen LogP) is 4.47. The fraction of sp³-hybridized carbons (Fsp3) is 0.130. The first kappa shape index (κ1) is 19.9. The second-order valence-corrected chi connectivity index (χ2v) is 6.35. The van der Waals surface area contributed by atoms with Crippen LogP contribution in [-0.2, 0) is 4.79 Å². The van der Waals surface area contributed by atoms with Crippen LogP contribution in [0.4, 0.5) is 11.4 Å². The van der Waals surface area contributed by atoms with Gasteiger partial charge in [-0.15, -0.1) is 0 Å². The summed E-state index contributed by atoms with van der Waals surface area (Å²) < 4.78 is 11.0. The molecule has 0 heterocycles. The van der Waals surface area contributed by atoms with Crippen molar-refractivity contribution < 1.29 is 14.3 Å². The highest BCUT2D eigenvalue weighted by atomic mass is 16.5. The number of anilines is 2. The van der Waals surface area contributed by atoms with Crippen LogP contribution < -0.4 is 20.2 Å². The van der Waals surface area contributed by atoms with Gasteiger partial charge in [0.15, 0.2) is 18.1 Å². The minimum atomic E-state index is -0.242. The average molecular weight is 389 g/mol. The molecule has 0 aliphatic carbocycles. The zero-order valence-corrected chi connectivity index (χ0v) is 16.4. The van der Waals surface area contributed by atoms with E-state index in [9.17, 15) is 4.79 Å². The van der Waals surface area contributed by atoms with Crippen molar-refractivity contribution in [3.8, 4) is 11.5 Å². The molecule has 6 nitrogen and oxygen atoms in total. The van der Waals surface area contributed by atoms with Crippen LogP contribution in [0.1, 0.15) is 11.1 Å². The molecule has 29 heavy (non-hydrogen) atoms. The van der Waals surface area contributed by atoms with Gasteiger partial charge in [-0.3, -0.25) is 10.2 Å². The second kappa shape index (κ2) is 9.94. The summed E-state index contributed by atoms with van der Waals surface area (Å²) in [6.45, 7) is 1.88. The Balaban J connectivity index is 1.56. The van der Waals surface area contributed by atoms with E-state index < -0.39 is 0 Å². The molecule has 0 saturated heterocycles. The first-order chi connectivity index (χ1) is 14.1. The van der Waals surface area contributed by atoms with Gasteiger partial charge in [-0.2, -0.15) is 5.10 Å². The number of hydrogen-bond acceptors (Lipinski definition) is 5. The van der Waals surface area contributed by atoms with E-state index in [1.54, 1.807) is 25.5 Å². The number of nitrogens with zero attached hydrogens (tertiary/aromatic N) is 1. The van der Waals surface area contributed by atoms with Gasteiger partial charge in [0, 0.05) is 5.69 Å². The van der Waals surface area contributed by atoms with Gasteiger partial charge in [0.1, 0.15) is 0 Å². The molecule has 0 bridgehead atoms. The molecule has 3 aromatic rings. The minimum Gasteiger partial charge on any atom is -0.493 e. The quantitative estimate of drug-likeness (QED) is 0.441. The average Bonchev–Trinajstić information content (AvgIpc) is 2.75. The highest BCUT2D eigenvalue weighted by molar-refractivity contribution is 5.92. The van der Waals surface area contributed by atoms with Crippen LogP contribution in [0.3, 0.4) is 0 Å². The van der Waals surface area contributed by atoms with Gasteiger partial charge in [-0.1, -0.05) is 35.9 Å². The van der Waals surface area contributed by atoms with Crippen LogP contribution >= 0.6 is 0 Å². The normalized spacial score (nSPS) is 10.6. The maximum Gasteiger partial charge on any atom is 0.262 e. The lowest BCUT2D eigenvalue weighted by Gasteiger charge is -2.11. The molecule has 3 rings (SSSR count). The van der Waals surface area contributed by atoms with E-state index in [2.05, 4.69) is 15.8 Å². The molecule has 0 spiro atoms. The number of aryl methyl sites for hydroxylation is 1. The van der Waals surface area contributed by atoms with Gasteiger partial charge in [0.25, 0.3) is 5.91 Å². The van der Waals surface area contributed by atoms with E-state index in [0.717, 1.165) is 22.5 Å². The van der Waals surface area contributed by atoms with E-state index in [-0.39, 0.29) is 12.5 Å². The Labute approximate surface area is 170 Å². The molecular formula is C23H23N3O3. The molecule has 2 N–H and O–H groups in total. The van der Waals surface area contributed by atoms with Crippen molar-refractivity contribution in [2.24, 2.45) is 5.10 Å². The number of carbonyl (C=O) groups excluding carboxylic acids is 1. The zero-order chi connectivity index (χ0) is 20.5. The Morgan fingerprint density at radius 2 is 1.72 bits per heavy atom. The first-order valence-electron chi connectivity index (χ1n) is 9.15. The molecular weight excluding hydrogens is 366 g/mol. The molecule has 0 radical (unpaired) electrons. The third-order valence-corrected chi connectivity index (χ3v) is 4.06. The van der Waals surface area contributed by atoms with Gasteiger partial charge in [0.2, 0.25) is 0 Å². The highest BCUT2D eigenvalue weighted by Crippen LogP contribution is 2.27. The van der Waals surface area contributed by atoms with Crippen molar-refractivity contribution in [2.75, 3.05) is 24.5 Å². The number of nitrogens with one attached hydrogen (secondary N) is 2. The zero-order valence-electron chi connectivity index (χ0n) is 16.4. The van der Waals surface area contributed by atoms with Crippen LogP contribution in [0.15, 0.2) is 77.9 Å². The molecule has 0 aliphatic heterocycles. The molecule has 6 heteroatoms. The molecule has 148 valence electrons. The molecule has 3 aromatic carbocycles. The van der Waals surface area contributed by atoms with Crippen LogP contribution in [0.2, 0.25) is 0 Å². The Morgan fingerprint density at radius 3 is 2.45 bits per heavy atom. The van der Waals surface area contributed by atoms with Gasteiger partial charge in [0.05, 0.1) is 19.0 Å². The standard InChI is InChI=1S/C23H23N3O3/c1-17-8-11-19(12-9-17)25-23(27)16-29-21-13-10-18(14-22(21)28-2)15-24-26-20-6-4-3-5-7-20/h3-15,26H,16H2,1-2H3,(H,25,27). The fourth-order valence-electron chi connectivity index (χ4n) is 2.56.